The van der Waals surface area contributed by atoms with Crippen LogP contribution in [0.3, 0.4) is 0 Å². The largest absolute Gasteiger partial charge is 0.468 e. The van der Waals surface area contributed by atoms with Gasteiger partial charge in [-0.1, -0.05) is 0 Å². The van der Waals surface area contributed by atoms with Crippen LogP contribution in [0.1, 0.15) is 22.7 Å². The van der Waals surface area contributed by atoms with Crippen LogP contribution in [-0.4, -0.2) is 64.4 Å². The van der Waals surface area contributed by atoms with Gasteiger partial charge < -0.3 is 14.1 Å². The number of aromatic nitrogens is 2. The summed E-state index contributed by atoms with van der Waals surface area (Å²) in [6.07, 6.45) is 4.57. The number of nitrogens with zero attached hydrogens (tertiary/aromatic N) is 4. The van der Waals surface area contributed by atoms with Crippen molar-refractivity contribution in [3.05, 3.63) is 42.1 Å². The molecule has 0 N–H and O–H groups in total. The Morgan fingerprint density at radius 3 is 2.96 bits per heavy atom. The molecule has 0 unspecified atom stereocenters. The number of likely N-dealkylation sites (tertiary alicyclic amines) is 2. The molecule has 0 saturated carbocycles. The van der Waals surface area contributed by atoms with Crippen LogP contribution in [-0.2, 0) is 18.3 Å². The monoisotopic (exact) mass is 344 g/mol. The van der Waals surface area contributed by atoms with Crippen LogP contribution < -0.4 is 0 Å². The van der Waals surface area contributed by atoms with E-state index in [9.17, 15) is 4.79 Å². The molecule has 0 spiro atoms. The quantitative estimate of drug-likeness (QED) is 0.838. The highest BCUT2D eigenvalue weighted by atomic mass is 16.5. The molecule has 4 heterocycles. The van der Waals surface area contributed by atoms with Gasteiger partial charge in [-0.25, -0.2) is 0 Å². The second kappa shape index (κ2) is 6.65. The average molecular weight is 344 g/mol. The number of piperidine rings is 1. The Labute approximate surface area is 147 Å². The van der Waals surface area contributed by atoms with Gasteiger partial charge in [0.05, 0.1) is 25.0 Å². The predicted octanol–water partition coefficient (Wildman–Crippen LogP) is 1.37. The summed E-state index contributed by atoms with van der Waals surface area (Å²) in [4.78, 5) is 17.3. The van der Waals surface area contributed by atoms with Crippen molar-refractivity contribution < 1.29 is 13.9 Å². The van der Waals surface area contributed by atoms with Gasteiger partial charge in [0.2, 0.25) is 0 Å². The molecule has 25 heavy (non-hydrogen) atoms. The average Bonchev–Trinajstić information content (AvgIpc) is 3.34. The number of carbonyl (C=O) groups is 1. The second-order valence-corrected chi connectivity index (χ2v) is 6.94. The molecule has 0 bridgehead atoms. The lowest BCUT2D eigenvalue weighted by Crippen LogP contribution is -2.53. The molecule has 1 amide bonds. The number of rotatable bonds is 4. The number of carbonyl (C=O) groups excluding carboxylic acids is 1. The molecule has 0 aromatic carbocycles. The highest BCUT2D eigenvalue weighted by molar-refractivity contribution is 5.92. The minimum atomic E-state index is 0.0185. The van der Waals surface area contributed by atoms with Crippen LogP contribution in [0.2, 0.25) is 0 Å². The molecule has 134 valence electrons. The third-order valence-electron chi connectivity index (χ3n) is 5.40. The molecule has 3 atom stereocenters. The van der Waals surface area contributed by atoms with Crippen LogP contribution >= 0.6 is 0 Å². The molecule has 4 rings (SSSR count). The smallest absolute Gasteiger partial charge is 0.274 e. The number of methoxy groups -OCH3 is 1. The number of ether oxygens (including phenoxy) is 1. The summed E-state index contributed by atoms with van der Waals surface area (Å²) in [6.45, 7) is 3.23. The highest BCUT2D eigenvalue weighted by Crippen LogP contribution is 2.34. The van der Waals surface area contributed by atoms with Crippen molar-refractivity contribution in [2.45, 2.75) is 25.1 Å². The first kappa shape index (κ1) is 16.4. The zero-order chi connectivity index (χ0) is 17.4. The van der Waals surface area contributed by atoms with Gasteiger partial charge in [-0.05, 0) is 24.6 Å². The number of aryl methyl sites for hydroxylation is 1. The van der Waals surface area contributed by atoms with E-state index in [1.165, 1.54) is 0 Å². The van der Waals surface area contributed by atoms with Crippen molar-refractivity contribution in [3.8, 4) is 0 Å². The lowest BCUT2D eigenvalue weighted by Gasteiger charge is -2.40. The van der Waals surface area contributed by atoms with E-state index in [0.29, 0.717) is 18.2 Å². The normalized spacial score (nSPS) is 26.8. The maximum Gasteiger partial charge on any atom is 0.274 e. The van der Waals surface area contributed by atoms with Crippen LogP contribution in [0.25, 0.3) is 0 Å². The topological polar surface area (TPSA) is 63.7 Å². The molecule has 2 aromatic heterocycles. The first-order valence-corrected chi connectivity index (χ1v) is 8.74. The Morgan fingerprint density at radius 2 is 2.28 bits per heavy atom. The second-order valence-electron chi connectivity index (χ2n) is 6.94. The number of amides is 1. The maximum absolute atomic E-state index is 12.9. The van der Waals surface area contributed by atoms with E-state index in [2.05, 4.69) is 10.00 Å². The van der Waals surface area contributed by atoms with Gasteiger partial charge in [0.1, 0.15) is 11.5 Å². The standard InChI is InChI=1S/C18H24N4O3/c1-20-7-5-15(19-20)18(23)22-8-6-17(24-2)14-11-21(12-16(14)22)10-13-4-3-9-25-13/h3-5,7,9,14,16-17H,6,8,10-12H2,1-2H3/t14-,16+,17+/m0/s1. The minimum absolute atomic E-state index is 0.0185. The van der Waals surface area contributed by atoms with Crippen molar-refractivity contribution in [2.24, 2.45) is 13.0 Å². The first-order valence-electron chi connectivity index (χ1n) is 8.74. The van der Waals surface area contributed by atoms with Crippen LogP contribution in [0, 0.1) is 5.92 Å². The number of hydrogen-bond donors (Lipinski definition) is 0. The van der Waals surface area contributed by atoms with Crippen LogP contribution in [0.4, 0.5) is 0 Å². The van der Waals surface area contributed by atoms with E-state index in [1.54, 1.807) is 24.1 Å². The molecule has 0 aliphatic carbocycles. The van der Waals surface area contributed by atoms with Crippen LogP contribution in [0.5, 0.6) is 0 Å². The number of furan rings is 1. The summed E-state index contributed by atoms with van der Waals surface area (Å²) >= 11 is 0. The summed E-state index contributed by atoms with van der Waals surface area (Å²) in [7, 11) is 3.60. The Balaban J connectivity index is 1.53. The van der Waals surface area contributed by atoms with E-state index in [4.69, 9.17) is 9.15 Å². The Hall–Kier alpha value is -2.12. The lowest BCUT2D eigenvalue weighted by molar-refractivity contribution is -0.0159. The van der Waals surface area contributed by atoms with Crippen molar-refractivity contribution in [3.63, 3.8) is 0 Å². The highest BCUT2D eigenvalue weighted by Gasteiger charge is 2.46. The van der Waals surface area contributed by atoms with Gasteiger partial charge in [0.15, 0.2) is 0 Å². The van der Waals surface area contributed by atoms with Crippen molar-refractivity contribution in [1.82, 2.24) is 19.6 Å². The van der Waals surface area contributed by atoms with Gasteiger partial charge in [0.25, 0.3) is 5.91 Å². The Bertz CT molecular complexity index is 727. The Morgan fingerprint density at radius 1 is 1.40 bits per heavy atom. The van der Waals surface area contributed by atoms with Gasteiger partial charge in [-0.2, -0.15) is 5.10 Å². The predicted molar refractivity (Wildman–Crippen MR) is 90.9 cm³/mol. The van der Waals surface area contributed by atoms with E-state index in [1.807, 2.05) is 30.3 Å². The first-order chi connectivity index (χ1) is 12.2. The summed E-state index contributed by atoms with van der Waals surface area (Å²) < 4.78 is 12.9. The van der Waals surface area contributed by atoms with Gasteiger partial charge >= 0.3 is 0 Å². The molecule has 2 fully saturated rings. The van der Waals surface area contributed by atoms with Crippen molar-refractivity contribution in [1.29, 1.82) is 0 Å². The van der Waals surface area contributed by atoms with E-state index >= 15 is 0 Å². The Kier molecular flexibility index (Phi) is 4.35. The lowest BCUT2D eigenvalue weighted by atomic mass is 9.89. The zero-order valence-corrected chi connectivity index (χ0v) is 14.7. The molecule has 0 radical (unpaired) electrons. The molecule has 2 aromatic rings. The summed E-state index contributed by atoms with van der Waals surface area (Å²) in [6, 6.07) is 5.85. The maximum atomic E-state index is 12.9. The molecule has 2 aliphatic heterocycles. The summed E-state index contributed by atoms with van der Waals surface area (Å²) in [5.41, 5.74) is 0.515. The molecular weight excluding hydrogens is 320 g/mol. The fourth-order valence-corrected chi connectivity index (χ4v) is 4.21. The van der Waals surface area contributed by atoms with Crippen LogP contribution in [0.15, 0.2) is 35.1 Å². The molecule has 2 aliphatic rings. The molecule has 7 nitrogen and oxygen atoms in total. The summed E-state index contributed by atoms with van der Waals surface area (Å²) in [5.74, 6) is 1.29. The summed E-state index contributed by atoms with van der Waals surface area (Å²) in [5, 5.41) is 4.28. The van der Waals surface area contributed by atoms with Gasteiger partial charge in [-0.15, -0.1) is 0 Å². The van der Waals surface area contributed by atoms with E-state index in [-0.39, 0.29) is 18.1 Å². The number of hydrogen-bond acceptors (Lipinski definition) is 5. The SMILES string of the molecule is CO[C@@H]1CCN(C(=O)c2ccn(C)n2)[C@@H]2CN(Cc3ccco3)C[C@@H]21. The third kappa shape index (κ3) is 3.09. The van der Waals surface area contributed by atoms with E-state index in [0.717, 1.165) is 31.8 Å². The van der Waals surface area contributed by atoms with E-state index < -0.39 is 0 Å². The molecular formula is C18H24N4O3. The van der Waals surface area contributed by atoms with Crippen molar-refractivity contribution in [2.75, 3.05) is 26.7 Å². The zero-order valence-electron chi connectivity index (χ0n) is 14.7. The third-order valence-corrected chi connectivity index (χ3v) is 5.40. The molecule has 7 heteroatoms. The fourth-order valence-electron chi connectivity index (χ4n) is 4.21. The fraction of sp³-hybridized carbons (Fsp3) is 0.556. The van der Waals surface area contributed by atoms with Gasteiger partial charge in [0, 0.05) is 45.9 Å². The van der Waals surface area contributed by atoms with Gasteiger partial charge in [-0.3, -0.25) is 14.4 Å². The minimum Gasteiger partial charge on any atom is -0.468 e. The number of fused-ring (bicyclic) bond motifs is 1. The molecule has 2 saturated heterocycles. The van der Waals surface area contributed by atoms with Crippen molar-refractivity contribution >= 4 is 5.91 Å².